The Kier molecular flexibility index (Phi) is 8.40. The van der Waals surface area contributed by atoms with Gasteiger partial charge in [-0.25, -0.2) is 15.0 Å². The van der Waals surface area contributed by atoms with Crippen LogP contribution in [0.5, 0.6) is 23.0 Å². The molecule has 0 amide bonds. The number of hydrogen-bond acceptors (Lipinski definition) is 5. The zero-order valence-electron chi connectivity index (χ0n) is 36.4. The van der Waals surface area contributed by atoms with Crippen molar-refractivity contribution < 1.29 is 9.47 Å². The van der Waals surface area contributed by atoms with Crippen LogP contribution in [0, 0.1) is 0 Å². The summed E-state index contributed by atoms with van der Waals surface area (Å²) in [4.78, 5) is 15.6. The highest BCUT2D eigenvalue weighted by Gasteiger charge is 2.48. The van der Waals surface area contributed by atoms with Crippen molar-refractivity contribution >= 4 is 0 Å². The second kappa shape index (κ2) is 14.6. The predicted molar refractivity (Wildman–Crippen MR) is 263 cm³/mol. The maximum Gasteiger partial charge on any atom is 0.178 e. The highest BCUT2D eigenvalue weighted by molar-refractivity contribution is 5.92. The lowest BCUT2D eigenvalue weighted by Gasteiger charge is -2.34. The maximum absolute atomic E-state index is 7.11. The molecular weight excluding hydrogens is 807 g/mol. The van der Waals surface area contributed by atoms with E-state index >= 15 is 0 Å². The minimum absolute atomic E-state index is 0.165. The number of hydrogen-bond donors (Lipinski definition) is 0. The lowest BCUT2D eigenvalue weighted by molar-refractivity contribution is 0.360. The molecular formula is C61H41N3O2. The molecule has 9 aromatic carbocycles. The lowest BCUT2D eigenvalue weighted by atomic mass is 9.68. The summed E-state index contributed by atoms with van der Waals surface area (Å²) in [5.74, 6) is 4.52. The van der Waals surface area contributed by atoms with Crippen molar-refractivity contribution in [2.75, 3.05) is 0 Å². The van der Waals surface area contributed by atoms with Crippen LogP contribution >= 0.6 is 0 Å². The fourth-order valence-corrected chi connectivity index (χ4v) is 10.8. The van der Waals surface area contributed by atoms with E-state index in [-0.39, 0.29) is 5.41 Å². The van der Waals surface area contributed by atoms with Gasteiger partial charge < -0.3 is 9.47 Å². The van der Waals surface area contributed by atoms with Crippen LogP contribution in [0.1, 0.15) is 47.2 Å². The summed E-state index contributed by atoms with van der Waals surface area (Å²) in [7, 11) is 0. The molecule has 0 atom stereocenters. The molecule has 312 valence electrons. The van der Waals surface area contributed by atoms with E-state index in [1.54, 1.807) is 0 Å². The van der Waals surface area contributed by atoms with Crippen molar-refractivity contribution in [2.45, 2.75) is 24.7 Å². The van der Waals surface area contributed by atoms with Gasteiger partial charge >= 0.3 is 0 Å². The number of nitrogens with zero attached hydrogens (tertiary/aromatic N) is 3. The first-order valence-corrected chi connectivity index (χ1v) is 22.5. The van der Waals surface area contributed by atoms with Gasteiger partial charge in [0.15, 0.2) is 40.5 Å². The van der Waals surface area contributed by atoms with Gasteiger partial charge in [0.05, 0.1) is 5.41 Å². The Morgan fingerprint density at radius 1 is 0.333 bits per heavy atom. The van der Waals surface area contributed by atoms with E-state index in [4.69, 9.17) is 24.4 Å². The molecule has 2 heterocycles. The monoisotopic (exact) mass is 847 g/mol. The molecule has 0 spiro atoms. The van der Waals surface area contributed by atoms with E-state index in [9.17, 15) is 0 Å². The van der Waals surface area contributed by atoms with Crippen molar-refractivity contribution in [1.29, 1.82) is 0 Å². The Labute approximate surface area is 383 Å². The second-order valence-corrected chi connectivity index (χ2v) is 17.9. The molecule has 2 aliphatic carbocycles. The first kappa shape index (κ1) is 38.1. The van der Waals surface area contributed by atoms with Gasteiger partial charge in [-0.15, -0.1) is 0 Å². The molecule has 5 nitrogen and oxygen atoms in total. The molecule has 0 unspecified atom stereocenters. The Balaban J connectivity index is 0.932. The summed E-state index contributed by atoms with van der Waals surface area (Å²) in [6.45, 7) is 4.60. The highest BCUT2D eigenvalue weighted by Crippen LogP contribution is 2.62. The van der Waals surface area contributed by atoms with Crippen LogP contribution < -0.4 is 9.47 Å². The molecule has 0 bridgehead atoms. The van der Waals surface area contributed by atoms with Crippen LogP contribution in [0.3, 0.4) is 0 Å². The largest absolute Gasteiger partial charge is 0.449 e. The molecule has 3 aliphatic rings. The van der Waals surface area contributed by atoms with Crippen molar-refractivity contribution in [3.05, 3.63) is 246 Å². The Morgan fingerprint density at radius 3 is 1.61 bits per heavy atom. The first-order chi connectivity index (χ1) is 32.5. The zero-order chi connectivity index (χ0) is 44.0. The van der Waals surface area contributed by atoms with Crippen molar-refractivity contribution in [2.24, 2.45) is 0 Å². The quantitative estimate of drug-likeness (QED) is 0.167. The van der Waals surface area contributed by atoms with E-state index in [2.05, 4.69) is 196 Å². The van der Waals surface area contributed by atoms with Gasteiger partial charge in [0.25, 0.3) is 0 Å². The van der Waals surface area contributed by atoms with Gasteiger partial charge in [0.1, 0.15) is 0 Å². The molecule has 1 aromatic heterocycles. The standard InChI is InChI=1S/C61H41N3O2/c1-60(2)48-28-16-14-25-44(48)45-32-30-40(36-51(45)60)58-62-57(38-18-6-3-7-19-38)63-59(64-58)46-26-13-12-24-43(46)39-31-34-52-54(37-39)66-56-53(65-52)35-33-50-55(56)47-27-15-17-29-49(47)61(50,41-20-8-4-9-21-41)42-22-10-5-11-23-42/h3-37H,1-2H3. The van der Waals surface area contributed by atoms with E-state index in [0.717, 1.165) is 44.5 Å². The van der Waals surface area contributed by atoms with Gasteiger partial charge in [-0.1, -0.05) is 202 Å². The Morgan fingerprint density at radius 2 is 0.879 bits per heavy atom. The normalized spacial score (nSPS) is 14.1. The molecule has 0 N–H and O–H groups in total. The summed E-state index contributed by atoms with van der Waals surface area (Å²) in [5.41, 5.74) is 16.0. The summed E-state index contributed by atoms with van der Waals surface area (Å²) in [6, 6.07) is 74.6. The van der Waals surface area contributed by atoms with Crippen LogP contribution in [0.15, 0.2) is 212 Å². The molecule has 1 aliphatic heterocycles. The summed E-state index contributed by atoms with van der Waals surface area (Å²) in [5, 5.41) is 0. The minimum Gasteiger partial charge on any atom is -0.449 e. The van der Waals surface area contributed by atoms with Crippen molar-refractivity contribution in [3.63, 3.8) is 0 Å². The van der Waals surface area contributed by atoms with Crippen LogP contribution in [0.2, 0.25) is 0 Å². The first-order valence-electron chi connectivity index (χ1n) is 22.5. The predicted octanol–water partition coefficient (Wildman–Crippen LogP) is 15.1. The SMILES string of the molecule is CC1(C)c2ccccc2-c2ccc(-c3nc(-c4ccccc4)nc(-c4ccccc4-c4ccc5c(c4)Oc4c(ccc6c4-c4ccccc4C6(c4ccccc4)c4ccccc4)O5)n3)cc21. The summed E-state index contributed by atoms with van der Waals surface area (Å²) >= 11 is 0. The summed E-state index contributed by atoms with van der Waals surface area (Å²) < 4.78 is 13.9. The smallest absolute Gasteiger partial charge is 0.178 e. The number of benzene rings is 9. The molecule has 10 aromatic rings. The molecule has 66 heavy (non-hydrogen) atoms. The van der Waals surface area contributed by atoms with Crippen LogP contribution in [-0.2, 0) is 10.8 Å². The fourth-order valence-electron chi connectivity index (χ4n) is 10.8. The topological polar surface area (TPSA) is 57.1 Å². The average Bonchev–Trinajstić information content (AvgIpc) is 3.82. The van der Waals surface area contributed by atoms with Crippen molar-refractivity contribution in [1.82, 2.24) is 15.0 Å². The Bertz CT molecular complexity index is 3530. The highest BCUT2D eigenvalue weighted by atomic mass is 16.6. The van der Waals surface area contributed by atoms with Gasteiger partial charge in [-0.2, -0.15) is 0 Å². The third kappa shape index (κ3) is 5.63. The number of ether oxygens (including phenoxy) is 2. The third-order valence-corrected chi connectivity index (χ3v) is 13.9. The van der Waals surface area contributed by atoms with Crippen molar-refractivity contribution in [3.8, 4) is 90.5 Å². The molecule has 0 saturated heterocycles. The number of fused-ring (bicyclic) bond motifs is 9. The molecule has 0 radical (unpaired) electrons. The van der Waals surface area contributed by atoms with E-state index < -0.39 is 5.41 Å². The van der Waals surface area contributed by atoms with Gasteiger partial charge in [0.2, 0.25) is 0 Å². The van der Waals surface area contributed by atoms with Crippen LogP contribution in [-0.4, -0.2) is 15.0 Å². The minimum atomic E-state index is -0.559. The van der Waals surface area contributed by atoms with E-state index in [0.29, 0.717) is 40.5 Å². The van der Waals surface area contributed by atoms with E-state index in [1.807, 2.05) is 30.3 Å². The van der Waals surface area contributed by atoms with E-state index in [1.165, 1.54) is 38.9 Å². The maximum atomic E-state index is 7.11. The van der Waals surface area contributed by atoms with Crippen LogP contribution in [0.4, 0.5) is 0 Å². The summed E-state index contributed by atoms with van der Waals surface area (Å²) in [6.07, 6.45) is 0. The molecule has 0 fully saturated rings. The number of rotatable bonds is 6. The molecule has 0 saturated carbocycles. The molecule has 5 heteroatoms. The molecule has 13 rings (SSSR count). The van der Waals surface area contributed by atoms with Gasteiger partial charge in [-0.05, 0) is 85.5 Å². The Hall–Kier alpha value is -8.41. The van der Waals surface area contributed by atoms with Gasteiger partial charge in [0, 0.05) is 27.7 Å². The average molecular weight is 848 g/mol. The lowest BCUT2D eigenvalue weighted by Crippen LogP contribution is -2.28. The van der Waals surface area contributed by atoms with Gasteiger partial charge in [-0.3, -0.25) is 0 Å². The third-order valence-electron chi connectivity index (χ3n) is 13.9. The fraction of sp³-hybridized carbons (Fsp3) is 0.0656. The van der Waals surface area contributed by atoms with Crippen LogP contribution in [0.25, 0.3) is 67.5 Å². The second-order valence-electron chi connectivity index (χ2n) is 17.9. The zero-order valence-corrected chi connectivity index (χ0v) is 36.4. The number of aromatic nitrogens is 3.